The van der Waals surface area contributed by atoms with E-state index in [4.69, 9.17) is 4.74 Å². The number of carbonyl (C=O) groups is 2. The molecular formula is C32H39FN6O7S. The number of nitrogens with one attached hydrogen (secondary N) is 2. The van der Waals surface area contributed by atoms with Crippen molar-refractivity contribution < 1.29 is 32.2 Å². The summed E-state index contributed by atoms with van der Waals surface area (Å²) < 4.78 is 48.5. The highest BCUT2D eigenvalue weighted by atomic mass is 32.2. The van der Waals surface area contributed by atoms with Gasteiger partial charge in [0.25, 0.3) is 5.56 Å². The molecule has 0 radical (unpaired) electrons. The Kier molecular flexibility index (Phi) is 9.31. The number of carbonyl (C=O) groups excluding carboxylic acids is 2. The van der Waals surface area contributed by atoms with Gasteiger partial charge in [-0.2, -0.15) is 4.98 Å². The van der Waals surface area contributed by atoms with Crippen LogP contribution in [0.2, 0.25) is 0 Å². The van der Waals surface area contributed by atoms with Crippen molar-refractivity contribution in [2.75, 3.05) is 30.8 Å². The fourth-order valence-corrected chi connectivity index (χ4v) is 8.18. The number of rotatable bonds is 10. The van der Waals surface area contributed by atoms with Gasteiger partial charge in [0, 0.05) is 42.7 Å². The number of imide groups is 1. The molecule has 15 heteroatoms. The van der Waals surface area contributed by atoms with Crippen LogP contribution in [0.15, 0.2) is 41.3 Å². The van der Waals surface area contributed by atoms with Gasteiger partial charge >= 0.3 is 0 Å². The van der Waals surface area contributed by atoms with Crippen molar-refractivity contribution in [2.24, 2.45) is 0 Å². The van der Waals surface area contributed by atoms with Gasteiger partial charge in [0.15, 0.2) is 0 Å². The van der Waals surface area contributed by atoms with Crippen LogP contribution in [-0.2, 0) is 26.3 Å². The average Bonchev–Trinajstić information content (AvgIpc) is 3.39. The zero-order valence-electron chi connectivity index (χ0n) is 26.2. The van der Waals surface area contributed by atoms with E-state index in [0.717, 1.165) is 6.42 Å². The van der Waals surface area contributed by atoms with E-state index in [9.17, 15) is 32.3 Å². The fraction of sp³-hybridized carbons (Fsp3) is 0.531. The van der Waals surface area contributed by atoms with Gasteiger partial charge in [-0.05, 0) is 69.2 Å². The Bertz CT molecular complexity index is 1840. The van der Waals surface area contributed by atoms with Crippen LogP contribution in [0.1, 0.15) is 75.0 Å². The van der Waals surface area contributed by atoms with Crippen LogP contribution in [0.25, 0.3) is 11.0 Å². The average molecular weight is 671 g/mol. The van der Waals surface area contributed by atoms with Crippen molar-refractivity contribution in [3.8, 4) is 5.75 Å². The molecule has 0 bridgehead atoms. The second-order valence-corrected chi connectivity index (χ2v) is 14.9. The number of aliphatic hydroxyl groups is 1. The second-order valence-electron chi connectivity index (χ2n) is 12.8. The lowest BCUT2D eigenvalue weighted by molar-refractivity contribution is -0.134. The zero-order valence-corrected chi connectivity index (χ0v) is 27.0. The molecule has 3 N–H and O–H groups in total. The maximum Gasteiger partial charge on any atom is 0.258 e. The van der Waals surface area contributed by atoms with Crippen LogP contribution >= 0.6 is 0 Å². The minimum atomic E-state index is -3.61. The van der Waals surface area contributed by atoms with Gasteiger partial charge in [-0.1, -0.05) is 12.1 Å². The smallest absolute Gasteiger partial charge is 0.258 e. The Labute approximate surface area is 271 Å². The number of piperidine rings is 2. The summed E-state index contributed by atoms with van der Waals surface area (Å²) in [5.74, 6) is -0.601. The molecular weight excluding hydrogens is 631 g/mol. The molecule has 3 aliphatic rings. The number of sulfonamides is 1. The quantitative estimate of drug-likeness (QED) is 0.272. The molecule has 1 unspecified atom stereocenters. The first kappa shape index (κ1) is 33.0. The zero-order chi connectivity index (χ0) is 33.3. The van der Waals surface area contributed by atoms with Gasteiger partial charge in [0.05, 0.1) is 23.3 Å². The highest BCUT2D eigenvalue weighted by Crippen LogP contribution is 2.39. The van der Waals surface area contributed by atoms with Crippen molar-refractivity contribution >= 4 is 38.8 Å². The standard InChI is InChI=1S/C32H39FN6O7S/c1-32(43)11-3-6-26(32)39-28-22(16-21(18-33)30(39)42)19-34-31(37-28)35-23-9-12-38(13-10-23)47(44,45)15-14-46-24-5-2-4-20(17-24)25-7-8-27(40)36-29(25)41/h2,4-5,16-17,19,23,25-26,43H,3,6-15,18H2,1H3,(H,34,35,37)(H,36,40,41)/t25?,26-,32-/m1/s1. The Morgan fingerprint density at radius 1 is 1.15 bits per heavy atom. The molecule has 3 atom stereocenters. The monoisotopic (exact) mass is 670 g/mol. The maximum atomic E-state index is 13.7. The summed E-state index contributed by atoms with van der Waals surface area (Å²) in [5.41, 5.74) is -0.628. The molecule has 3 fully saturated rings. The van der Waals surface area contributed by atoms with E-state index >= 15 is 0 Å². The van der Waals surface area contributed by atoms with Gasteiger partial charge < -0.3 is 15.2 Å². The SMILES string of the molecule is C[C@@]1(O)CCC[C@H]1n1c(=O)c(CF)cc2cnc(NC3CCN(S(=O)(=O)CCOc4cccc(C5CCC(=O)NC5=O)c4)CC3)nc21. The van der Waals surface area contributed by atoms with Crippen molar-refractivity contribution in [1.82, 2.24) is 24.2 Å². The summed E-state index contributed by atoms with van der Waals surface area (Å²) in [6, 6.07) is 7.70. The highest BCUT2D eigenvalue weighted by Gasteiger charge is 2.40. The molecule has 1 aromatic carbocycles. The number of anilines is 1. The molecule has 4 heterocycles. The summed E-state index contributed by atoms with van der Waals surface area (Å²) in [6.07, 6.45) is 5.02. The predicted octanol–water partition coefficient (Wildman–Crippen LogP) is 2.54. The number of aromatic nitrogens is 3. The van der Waals surface area contributed by atoms with Crippen molar-refractivity contribution in [3.05, 3.63) is 58.0 Å². The number of alkyl halides is 1. The number of benzene rings is 1. The Morgan fingerprint density at radius 2 is 1.94 bits per heavy atom. The minimum absolute atomic E-state index is 0.00997. The number of fused-ring (bicyclic) bond motifs is 1. The fourth-order valence-electron chi connectivity index (χ4n) is 6.86. The van der Waals surface area contributed by atoms with Crippen LogP contribution in [0.4, 0.5) is 10.3 Å². The molecule has 1 saturated carbocycles. The lowest BCUT2D eigenvalue weighted by Crippen LogP contribution is -2.44. The van der Waals surface area contributed by atoms with E-state index in [1.165, 1.54) is 21.1 Å². The van der Waals surface area contributed by atoms with Gasteiger partial charge in [-0.3, -0.25) is 24.3 Å². The number of hydrogen-bond donors (Lipinski definition) is 3. The summed E-state index contributed by atoms with van der Waals surface area (Å²) in [6.45, 7) is 1.25. The van der Waals surface area contributed by atoms with Crippen molar-refractivity contribution in [2.45, 2.75) is 82.1 Å². The van der Waals surface area contributed by atoms with Crippen LogP contribution in [0, 0.1) is 0 Å². The van der Waals surface area contributed by atoms with E-state index in [1.807, 2.05) is 0 Å². The first-order valence-electron chi connectivity index (χ1n) is 16.0. The molecule has 1 aliphatic carbocycles. The Balaban J connectivity index is 1.06. The summed E-state index contributed by atoms with van der Waals surface area (Å²) in [7, 11) is -3.61. The van der Waals surface area contributed by atoms with Crippen LogP contribution in [0.3, 0.4) is 0 Å². The molecule has 2 aliphatic heterocycles. The number of ether oxygens (including phenoxy) is 1. The maximum absolute atomic E-state index is 13.7. The first-order valence-corrected chi connectivity index (χ1v) is 17.6. The van der Waals surface area contributed by atoms with E-state index in [0.29, 0.717) is 54.5 Å². The van der Waals surface area contributed by atoms with Gasteiger partial charge in [-0.25, -0.2) is 22.1 Å². The molecule has 2 saturated heterocycles. The topological polar surface area (TPSA) is 173 Å². The van der Waals surface area contributed by atoms with Gasteiger partial charge in [-0.15, -0.1) is 0 Å². The summed E-state index contributed by atoms with van der Waals surface area (Å²) in [4.78, 5) is 45.9. The molecule has 13 nitrogen and oxygen atoms in total. The molecule has 0 spiro atoms. The van der Waals surface area contributed by atoms with Gasteiger partial charge in [0.2, 0.25) is 27.8 Å². The Morgan fingerprint density at radius 3 is 2.64 bits per heavy atom. The molecule has 252 valence electrons. The third-order valence-electron chi connectivity index (χ3n) is 9.47. The number of halogens is 1. The number of nitrogens with zero attached hydrogens (tertiary/aromatic N) is 4. The van der Waals surface area contributed by atoms with Crippen LogP contribution in [-0.4, -0.2) is 81.3 Å². The van der Waals surface area contributed by atoms with Crippen molar-refractivity contribution in [1.29, 1.82) is 0 Å². The highest BCUT2D eigenvalue weighted by molar-refractivity contribution is 7.89. The normalized spacial score (nSPS) is 24.4. The molecule has 2 amide bonds. The first-order chi connectivity index (χ1) is 22.4. The largest absolute Gasteiger partial charge is 0.492 e. The number of hydrogen-bond acceptors (Lipinski definition) is 10. The summed E-state index contributed by atoms with van der Waals surface area (Å²) >= 11 is 0. The third-order valence-corrected chi connectivity index (χ3v) is 11.3. The second kappa shape index (κ2) is 13.3. The number of amides is 2. The van der Waals surface area contributed by atoms with Crippen molar-refractivity contribution in [3.63, 3.8) is 0 Å². The summed E-state index contributed by atoms with van der Waals surface area (Å²) in [5, 5.41) is 17.1. The van der Waals surface area contributed by atoms with E-state index < -0.39 is 39.8 Å². The Hall–Kier alpha value is -3.95. The molecule has 2 aromatic heterocycles. The van der Waals surface area contributed by atoms with Gasteiger partial charge in [0.1, 0.15) is 24.7 Å². The number of pyridine rings is 1. The molecule has 47 heavy (non-hydrogen) atoms. The molecule has 6 rings (SSSR count). The molecule has 3 aromatic rings. The van der Waals surface area contributed by atoms with E-state index in [-0.39, 0.29) is 61.2 Å². The van der Waals surface area contributed by atoms with Crippen LogP contribution < -0.4 is 20.9 Å². The third kappa shape index (κ3) is 7.02. The lowest BCUT2D eigenvalue weighted by atomic mass is 9.90. The van der Waals surface area contributed by atoms with Crippen LogP contribution in [0.5, 0.6) is 5.75 Å². The lowest BCUT2D eigenvalue weighted by Gasteiger charge is -2.32. The van der Waals surface area contributed by atoms with E-state index in [1.54, 1.807) is 31.2 Å². The van der Waals surface area contributed by atoms with E-state index in [2.05, 4.69) is 20.6 Å². The predicted molar refractivity (Wildman–Crippen MR) is 171 cm³/mol. The minimum Gasteiger partial charge on any atom is -0.492 e.